The monoisotopic (exact) mass is 522 g/mol. The fourth-order valence-corrected chi connectivity index (χ4v) is 4.18. The number of nitrogens with zero attached hydrogens (tertiary/aromatic N) is 1. The molecule has 0 fully saturated rings. The average Bonchev–Trinajstić information content (AvgIpc) is 2.89. The summed E-state index contributed by atoms with van der Waals surface area (Å²) in [5.41, 5.74) is 2.51. The number of carbonyl (C=O) groups excluding carboxylic acids is 1. The van der Waals surface area contributed by atoms with Gasteiger partial charge in [0.1, 0.15) is 12.4 Å². The highest BCUT2D eigenvalue weighted by Crippen LogP contribution is 2.34. The lowest BCUT2D eigenvalue weighted by Gasteiger charge is -2.27. The van der Waals surface area contributed by atoms with Gasteiger partial charge in [0.2, 0.25) is 0 Å². The third-order valence-corrected chi connectivity index (χ3v) is 5.97. The largest absolute Gasteiger partial charge is 0.486 e. The molecule has 0 radical (unpaired) electrons. The molecule has 5 nitrogen and oxygen atoms in total. The maximum atomic E-state index is 13.1. The highest BCUT2D eigenvalue weighted by molar-refractivity contribution is 6.37. The highest BCUT2D eigenvalue weighted by atomic mass is 35.5. The van der Waals surface area contributed by atoms with Gasteiger partial charge in [-0.15, -0.1) is 0 Å². The van der Waals surface area contributed by atoms with E-state index in [1.54, 1.807) is 84.9 Å². The molecule has 0 unspecified atom stereocenters. The van der Waals surface area contributed by atoms with Crippen LogP contribution in [0.5, 0.6) is 5.75 Å². The van der Waals surface area contributed by atoms with Gasteiger partial charge in [0.25, 0.3) is 5.91 Å². The quantitative estimate of drug-likeness (QED) is 0.217. The first-order valence-corrected chi connectivity index (χ1v) is 11.7. The van der Waals surface area contributed by atoms with Crippen LogP contribution in [0.15, 0.2) is 102 Å². The van der Waals surface area contributed by atoms with E-state index in [4.69, 9.17) is 27.9 Å². The molecule has 0 atom stereocenters. The summed E-state index contributed by atoms with van der Waals surface area (Å²) in [7, 11) is 0. The Hall–Kier alpha value is -3.71. The van der Waals surface area contributed by atoms with Crippen molar-refractivity contribution < 1.29 is 19.0 Å². The van der Waals surface area contributed by atoms with Crippen LogP contribution in [0.4, 0.5) is 4.39 Å². The second-order valence-corrected chi connectivity index (χ2v) is 8.68. The molecule has 4 aromatic rings. The summed E-state index contributed by atoms with van der Waals surface area (Å²) in [6.07, 6.45) is 1.36. The summed E-state index contributed by atoms with van der Waals surface area (Å²) in [6.45, 7) is 0.154. The number of hydrazone groups is 1. The van der Waals surface area contributed by atoms with Crippen LogP contribution in [0.1, 0.15) is 22.3 Å². The molecule has 0 aliphatic rings. The van der Waals surface area contributed by atoms with Crippen molar-refractivity contribution in [3.05, 3.63) is 135 Å². The van der Waals surface area contributed by atoms with E-state index in [0.717, 1.165) is 5.56 Å². The van der Waals surface area contributed by atoms with Crippen molar-refractivity contribution in [3.63, 3.8) is 0 Å². The van der Waals surface area contributed by atoms with Gasteiger partial charge in [0, 0.05) is 0 Å². The third-order valence-electron chi connectivity index (χ3n) is 5.41. The van der Waals surface area contributed by atoms with Gasteiger partial charge in [-0.2, -0.15) is 5.10 Å². The number of halogens is 3. The smallest absolute Gasteiger partial charge is 0.281 e. The molecule has 0 aliphatic carbocycles. The van der Waals surface area contributed by atoms with Crippen molar-refractivity contribution in [3.8, 4) is 5.75 Å². The Labute approximate surface area is 217 Å². The summed E-state index contributed by atoms with van der Waals surface area (Å²) in [4.78, 5) is 13.1. The van der Waals surface area contributed by atoms with Crippen molar-refractivity contribution in [1.82, 2.24) is 5.43 Å². The zero-order valence-electron chi connectivity index (χ0n) is 18.9. The van der Waals surface area contributed by atoms with Gasteiger partial charge < -0.3 is 9.84 Å². The number of hydrogen-bond acceptors (Lipinski definition) is 4. The van der Waals surface area contributed by atoms with Crippen LogP contribution in [0.3, 0.4) is 0 Å². The van der Waals surface area contributed by atoms with E-state index in [0.29, 0.717) is 16.7 Å². The van der Waals surface area contributed by atoms with Crippen LogP contribution < -0.4 is 10.2 Å². The van der Waals surface area contributed by atoms with E-state index < -0.39 is 11.5 Å². The lowest BCUT2D eigenvalue weighted by atomic mass is 9.85. The van der Waals surface area contributed by atoms with Crippen LogP contribution in [-0.2, 0) is 17.0 Å². The fraction of sp³-hybridized carbons (Fsp3) is 0.0714. The molecule has 0 saturated carbocycles. The Morgan fingerprint density at radius 2 is 1.44 bits per heavy atom. The number of aliphatic hydroxyl groups is 1. The predicted octanol–water partition coefficient (Wildman–Crippen LogP) is 6.10. The highest BCUT2D eigenvalue weighted by Gasteiger charge is 2.39. The average molecular weight is 523 g/mol. The van der Waals surface area contributed by atoms with Gasteiger partial charge in [0.15, 0.2) is 11.4 Å². The molecule has 1 amide bonds. The minimum atomic E-state index is -1.95. The Morgan fingerprint density at radius 1 is 0.917 bits per heavy atom. The van der Waals surface area contributed by atoms with E-state index >= 15 is 0 Å². The summed E-state index contributed by atoms with van der Waals surface area (Å²) in [6, 6.07) is 26.3. The Balaban J connectivity index is 1.49. The van der Waals surface area contributed by atoms with Crippen LogP contribution in [-0.4, -0.2) is 17.2 Å². The van der Waals surface area contributed by atoms with E-state index in [-0.39, 0.29) is 28.2 Å². The summed E-state index contributed by atoms with van der Waals surface area (Å²) in [5.74, 6) is -0.796. The number of carbonyl (C=O) groups is 1. The van der Waals surface area contributed by atoms with Crippen molar-refractivity contribution in [2.24, 2.45) is 5.10 Å². The number of hydrogen-bond donors (Lipinski definition) is 2. The molecule has 36 heavy (non-hydrogen) atoms. The first-order chi connectivity index (χ1) is 17.4. The molecule has 0 aromatic heterocycles. The first-order valence-electron chi connectivity index (χ1n) is 10.9. The van der Waals surface area contributed by atoms with Gasteiger partial charge in [-0.25, -0.2) is 9.82 Å². The van der Waals surface area contributed by atoms with Gasteiger partial charge in [-0.1, -0.05) is 96.0 Å². The molecular formula is C28H21Cl2FN2O3. The summed E-state index contributed by atoms with van der Waals surface area (Å²) in [5, 5.41) is 15.9. The zero-order valence-corrected chi connectivity index (χ0v) is 20.4. The van der Waals surface area contributed by atoms with Crippen molar-refractivity contribution in [2.45, 2.75) is 12.2 Å². The van der Waals surface area contributed by atoms with Crippen LogP contribution in [0.2, 0.25) is 10.0 Å². The van der Waals surface area contributed by atoms with Gasteiger partial charge in [-0.3, -0.25) is 4.79 Å². The standard InChI is InChI=1S/C28H21Cl2FN2O3/c29-24-15-20(16-25(30)26(24)36-18-19-11-13-23(31)14-12-19)17-32-33-27(34)28(35,21-7-3-1-4-8-21)22-9-5-2-6-10-22/h1-17,35H,18H2,(H,33,34)/b32-17+. The Bertz CT molecular complexity index is 1300. The molecule has 8 heteroatoms. The topological polar surface area (TPSA) is 70.9 Å². The number of amides is 1. The fourth-order valence-electron chi connectivity index (χ4n) is 3.56. The lowest BCUT2D eigenvalue weighted by molar-refractivity contribution is -0.136. The molecule has 0 bridgehead atoms. The van der Waals surface area contributed by atoms with Gasteiger partial charge in [-0.05, 0) is 46.5 Å². The molecule has 4 aromatic carbocycles. The normalized spacial score (nSPS) is 11.4. The van der Waals surface area contributed by atoms with Crippen molar-refractivity contribution in [2.75, 3.05) is 0 Å². The molecule has 0 spiro atoms. The van der Waals surface area contributed by atoms with E-state index in [2.05, 4.69) is 10.5 Å². The molecular weight excluding hydrogens is 502 g/mol. The minimum Gasteiger partial charge on any atom is -0.486 e. The Morgan fingerprint density at radius 3 is 1.97 bits per heavy atom. The third kappa shape index (κ3) is 5.74. The van der Waals surface area contributed by atoms with Crippen molar-refractivity contribution in [1.29, 1.82) is 0 Å². The summed E-state index contributed by atoms with van der Waals surface area (Å²) >= 11 is 12.7. The molecule has 182 valence electrons. The number of rotatable bonds is 8. The predicted molar refractivity (Wildman–Crippen MR) is 139 cm³/mol. The van der Waals surface area contributed by atoms with E-state index in [1.807, 2.05) is 0 Å². The molecule has 2 N–H and O–H groups in total. The second kappa shape index (κ2) is 11.4. The minimum absolute atomic E-state index is 0.154. The number of ether oxygens (including phenoxy) is 1. The molecule has 0 aliphatic heterocycles. The van der Waals surface area contributed by atoms with Gasteiger partial charge >= 0.3 is 0 Å². The maximum Gasteiger partial charge on any atom is 0.281 e. The van der Waals surface area contributed by atoms with Crippen molar-refractivity contribution >= 4 is 35.3 Å². The van der Waals surface area contributed by atoms with Gasteiger partial charge in [0.05, 0.1) is 16.3 Å². The SMILES string of the molecule is O=C(N/N=C/c1cc(Cl)c(OCc2ccc(F)cc2)c(Cl)c1)C(O)(c1ccccc1)c1ccccc1. The van der Waals surface area contributed by atoms with Crippen LogP contribution >= 0.6 is 23.2 Å². The van der Waals surface area contributed by atoms with E-state index in [1.165, 1.54) is 18.3 Å². The molecule has 4 rings (SSSR count). The van der Waals surface area contributed by atoms with Crippen LogP contribution in [0.25, 0.3) is 0 Å². The summed E-state index contributed by atoms with van der Waals surface area (Å²) < 4.78 is 18.8. The molecule has 0 heterocycles. The number of benzene rings is 4. The second-order valence-electron chi connectivity index (χ2n) is 7.87. The van der Waals surface area contributed by atoms with Crippen LogP contribution in [0, 0.1) is 5.82 Å². The Kier molecular flexibility index (Phi) is 8.00. The number of nitrogens with one attached hydrogen (secondary N) is 1. The lowest BCUT2D eigenvalue weighted by Crippen LogP contribution is -2.43. The zero-order chi connectivity index (χ0) is 25.5. The first kappa shape index (κ1) is 25.4. The maximum absolute atomic E-state index is 13.1. The molecule has 0 saturated heterocycles. The van der Waals surface area contributed by atoms with E-state index in [9.17, 15) is 14.3 Å².